The Morgan fingerprint density at radius 3 is 2.71 bits per heavy atom. The summed E-state index contributed by atoms with van der Waals surface area (Å²) in [6, 6.07) is 0. The van der Waals surface area contributed by atoms with E-state index in [-0.39, 0.29) is 23.0 Å². The average Bonchev–Trinajstić information content (AvgIpc) is 2.17. The molecular weight excluding hydrogens is 202 g/mol. The van der Waals surface area contributed by atoms with Gasteiger partial charge in [0, 0.05) is 18.9 Å². The van der Waals surface area contributed by atoms with Gasteiger partial charge in [0.05, 0.1) is 18.5 Å². The number of thioether (sulfide) groups is 1. The first-order valence-electron chi connectivity index (χ1n) is 4.64. The molecule has 0 radical (unpaired) electrons. The zero-order valence-electron chi connectivity index (χ0n) is 8.95. The first-order valence-corrected chi connectivity index (χ1v) is 5.59. The first-order chi connectivity index (χ1) is 6.61. The molecule has 2 N–H and O–H groups in total. The van der Waals surface area contributed by atoms with Crippen LogP contribution in [0, 0.1) is 0 Å². The zero-order valence-corrected chi connectivity index (χ0v) is 9.76. The number of nitrogens with one attached hydrogen (secondary N) is 1. The Morgan fingerprint density at radius 2 is 2.21 bits per heavy atom. The van der Waals surface area contributed by atoms with Crippen molar-refractivity contribution in [2.75, 3.05) is 26.9 Å². The molecule has 0 aliphatic carbocycles. The lowest BCUT2D eigenvalue weighted by molar-refractivity contribution is -0.120. The number of rotatable bonds is 7. The minimum Gasteiger partial charge on any atom is -0.395 e. The topological polar surface area (TPSA) is 58.6 Å². The fourth-order valence-corrected chi connectivity index (χ4v) is 1.86. The van der Waals surface area contributed by atoms with Crippen LogP contribution in [0.3, 0.4) is 0 Å². The Bertz CT molecular complexity index is 166. The predicted molar refractivity (Wildman–Crippen MR) is 58.5 cm³/mol. The van der Waals surface area contributed by atoms with Gasteiger partial charge in [0.1, 0.15) is 0 Å². The molecule has 84 valence electrons. The Balaban J connectivity index is 3.64. The smallest absolute Gasteiger partial charge is 0.232 e. The molecule has 0 aromatic rings. The molecule has 0 aromatic carbocycles. The van der Waals surface area contributed by atoms with Crippen LogP contribution in [0.2, 0.25) is 0 Å². The van der Waals surface area contributed by atoms with E-state index < -0.39 is 0 Å². The number of carbonyl (C=O) groups excluding carboxylic acids is 1. The van der Waals surface area contributed by atoms with Crippen LogP contribution in [0.15, 0.2) is 0 Å². The third-order valence-corrected chi connectivity index (χ3v) is 2.90. The maximum atomic E-state index is 11.4. The summed E-state index contributed by atoms with van der Waals surface area (Å²) in [6.45, 7) is 4.88. The van der Waals surface area contributed by atoms with Gasteiger partial charge in [0.25, 0.3) is 0 Å². The van der Waals surface area contributed by atoms with Crippen molar-refractivity contribution in [1.29, 1.82) is 0 Å². The molecule has 0 aliphatic rings. The second-order valence-electron chi connectivity index (χ2n) is 3.06. The van der Waals surface area contributed by atoms with Gasteiger partial charge in [-0.2, -0.15) is 0 Å². The first kappa shape index (κ1) is 13.7. The standard InChI is InChI=1S/C9H19NO3S/c1-7(6-11)14-8(2)9(12)10-4-5-13-3/h7-8,11H,4-6H2,1-3H3,(H,10,12). The highest BCUT2D eigenvalue weighted by Gasteiger charge is 2.15. The van der Waals surface area contributed by atoms with Crippen molar-refractivity contribution in [2.24, 2.45) is 0 Å². The van der Waals surface area contributed by atoms with E-state index in [9.17, 15) is 4.79 Å². The summed E-state index contributed by atoms with van der Waals surface area (Å²) in [7, 11) is 1.60. The highest BCUT2D eigenvalue weighted by Crippen LogP contribution is 2.16. The van der Waals surface area contributed by atoms with Crippen LogP contribution in [0.5, 0.6) is 0 Å². The Kier molecular flexibility index (Phi) is 7.93. The number of amides is 1. The van der Waals surface area contributed by atoms with Gasteiger partial charge in [-0.1, -0.05) is 6.92 Å². The van der Waals surface area contributed by atoms with Gasteiger partial charge >= 0.3 is 0 Å². The summed E-state index contributed by atoms with van der Waals surface area (Å²) in [5.41, 5.74) is 0. The van der Waals surface area contributed by atoms with E-state index >= 15 is 0 Å². The number of aliphatic hydroxyl groups excluding tert-OH is 1. The minimum absolute atomic E-state index is 0.00708. The summed E-state index contributed by atoms with van der Waals surface area (Å²) < 4.78 is 4.81. The largest absolute Gasteiger partial charge is 0.395 e. The number of hydrogen-bond acceptors (Lipinski definition) is 4. The predicted octanol–water partition coefficient (Wildman–Crippen LogP) is 0.251. The van der Waals surface area contributed by atoms with E-state index in [1.54, 1.807) is 7.11 Å². The van der Waals surface area contributed by atoms with E-state index in [1.807, 2.05) is 13.8 Å². The third kappa shape index (κ3) is 6.23. The molecule has 1 amide bonds. The van der Waals surface area contributed by atoms with Crippen LogP contribution >= 0.6 is 11.8 Å². The van der Waals surface area contributed by atoms with Gasteiger partial charge in [0.2, 0.25) is 5.91 Å². The molecule has 0 bridgehead atoms. The molecule has 0 saturated carbocycles. The molecule has 0 fully saturated rings. The minimum atomic E-state index is -0.131. The number of carbonyl (C=O) groups is 1. The molecule has 5 heteroatoms. The molecular formula is C9H19NO3S. The number of hydrogen-bond donors (Lipinski definition) is 2. The van der Waals surface area contributed by atoms with Gasteiger partial charge < -0.3 is 15.2 Å². The number of methoxy groups -OCH3 is 1. The van der Waals surface area contributed by atoms with Gasteiger partial charge in [0.15, 0.2) is 0 Å². The zero-order chi connectivity index (χ0) is 11.0. The third-order valence-electron chi connectivity index (χ3n) is 1.67. The summed E-state index contributed by atoms with van der Waals surface area (Å²) in [5, 5.41) is 11.5. The van der Waals surface area contributed by atoms with Gasteiger partial charge in [-0.05, 0) is 6.92 Å². The SMILES string of the molecule is COCCNC(=O)C(C)SC(C)CO. The Hall–Kier alpha value is -0.260. The monoisotopic (exact) mass is 221 g/mol. The van der Waals surface area contributed by atoms with E-state index in [0.29, 0.717) is 13.2 Å². The molecule has 0 saturated heterocycles. The molecule has 0 aromatic heterocycles. The molecule has 0 rings (SSSR count). The highest BCUT2D eigenvalue weighted by atomic mass is 32.2. The van der Waals surface area contributed by atoms with E-state index in [4.69, 9.17) is 9.84 Å². The molecule has 0 spiro atoms. The summed E-state index contributed by atoms with van der Waals surface area (Å²) >= 11 is 1.46. The molecule has 2 unspecified atom stereocenters. The van der Waals surface area contributed by atoms with Gasteiger partial charge in [-0.3, -0.25) is 4.79 Å². The normalized spacial score (nSPS) is 14.9. The van der Waals surface area contributed by atoms with Gasteiger partial charge in [-0.25, -0.2) is 0 Å². The molecule has 4 nitrogen and oxygen atoms in total. The molecule has 0 aliphatic heterocycles. The second kappa shape index (κ2) is 8.08. The summed E-state index contributed by atoms with van der Waals surface area (Å²) in [5.74, 6) is -0.00708. The van der Waals surface area contributed by atoms with Gasteiger partial charge in [-0.15, -0.1) is 11.8 Å². The highest BCUT2D eigenvalue weighted by molar-refractivity contribution is 8.01. The molecule has 2 atom stereocenters. The van der Waals surface area contributed by atoms with Crippen LogP contribution in [-0.4, -0.2) is 48.4 Å². The lowest BCUT2D eigenvalue weighted by Gasteiger charge is -2.14. The lowest BCUT2D eigenvalue weighted by atomic mass is 10.4. The second-order valence-corrected chi connectivity index (χ2v) is 4.84. The Labute approximate surface area is 89.4 Å². The van der Waals surface area contributed by atoms with Crippen LogP contribution in [0.25, 0.3) is 0 Å². The van der Waals surface area contributed by atoms with Crippen LogP contribution in [0.4, 0.5) is 0 Å². The Morgan fingerprint density at radius 1 is 1.57 bits per heavy atom. The van der Waals surface area contributed by atoms with Crippen LogP contribution in [0.1, 0.15) is 13.8 Å². The fraction of sp³-hybridized carbons (Fsp3) is 0.889. The number of ether oxygens (including phenoxy) is 1. The van der Waals surface area contributed by atoms with Crippen molar-refractivity contribution >= 4 is 17.7 Å². The summed E-state index contributed by atoms with van der Waals surface area (Å²) in [6.07, 6.45) is 0. The maximum absolute atomic E-state index is 11.4. The van der Waals surface area contributed by atoms with Crippen LogP contribution in [-0.2, 0) is 9.53 Å². The van der Waals surface area contributed by atoms with Crippen molar-refractivity contribution in [3.8, 4) is 0 Å². The molecule has 0 heterocycles. The quantitative estimate of drug-likeness (QED) is 0.605. The summed E-state index contributed by atoms with van der Waals surface area (Å²) in [4.78, 5) is 11.4. The van der Waals surface area contributed by atoms with Crippen molar-refractivity contribution in [2.45, 2.75) is 24.3 Å². The van der Waals surface area contributed by atoms with Crippen molar-refractivity contribution in [3.05, 3.63) is 0 Å². The van der Waals surface area contributed by atoms with Crippen LogP contribution < -0.4 is 5.32 Å². The maximum Gasteiger partial charge on any atom is 0.232 e. The van der Waals surface area contributed by atoms with E-state index in [0.717, 1.165) is 0 Å². The van der Waals surface area contributed by atoms with Crippen molar-refractivity contribution in [1.82, 2.24) is 5.32 Å². The average molecular weight is 221 g/mol. The number of aliphatic hydroxyl groups is 1. The lowest BCUT2D eigenvalue weighted by Crippen LogP contribution is -2.34. The van der Waals surface area contributed by atoms with E-state index in [1.165, 1.54) is 11.8 Å². The molecule has 14 heavy (non-hydrogen) atoms. The van der Waals surface area contributed by atoms with E-state index in [2.05, 4.69) is 5.32 Å². The fourth-order valence-electron chi connectivity index (χ4n) is 0.873. The van der Waals surface area contributed by atoms with Crippen molar-refractivity contribution < 1.29 is 14.6 Å². The van der Waals surface area contributed by atoms with Crippen molar-refractivity contribution in [3.63, 3.8) is 0 Å².